The number of carbonyl (C=O) groups is 3. The van der Waals surface area contributed by atoms with Crippen LogP contribution in [0.2, 0.25) is 0 Å². The highest BCUT2D eigenvalue weighted by Crippen LogP contribution is 2.35. The molecule has 2 aromatic carbocycles. The van der Waals surface area contributed by atoms with Gasteiger partial charge in [0.1, 0.15) is 12.3 Å². The first-order chi connectivity index (χ1) is 18.3. The molecule has 0 saturated carbocycles. The van der Waals surface area contributed by atoms with Crippen LogP contribution in [0.15, 0.2) is 47.4 Å². The zero-order valence-corrected chi connectivity index (χ0v) is 21.7. The van der Waals surface area contributed by atoms with Gasteiger partial charge in [-0.05, 0) is 61.7 Å². The van der Waals surface area contributed by atoms with E-state index in [1.54, 1.807) is 23.1 Å². The van der Waals surface area contributed by atoms with Crippen LogP contribution in [-0.2, 0) is 24.3 Å². The number of hydrogen-bond donors (Lipinski definition) is 1. The Morgan fingerprint density at radius 1 is 0.921 bits per heavy atom. The first-order valence-corrected chi connectivity index (χ1v) is 14.1. The van der Waals surface area contributed by atoms with E-state index >= 15 is 0 Å². The Morgan fingerprint density at radius 2 is 1.63 bits per heavy atom. The molecular formula is C26H30N4O7S. The predicted octanol–water partition coefficient (Wildman–Crippen LogP) is 1.70. The second kappa shape index (κ2) is 11.1. The van der Waals surface area contributed by atoms with Gasteiger partial charge in [-0.3, -0.25) is 19.3 Å². The van der Waals surface area contributed by atoms with Gasteiger partial charge in [-0.25, -0.2) is 8.42 Å². The molecule has 2 aromatic rings. The quantitative estimate of drug-likeness (QED) is 0.589. The Balaban J connectivity index is 1.29. The van der Waals surface area contributed by atoms with Crippen molar-refractivity contribution in [3.8, 4) is 5.75 Å². The summed E-state index contributed by atoms with van der Waals surface area (Å²) in [5.74, 6) is -0.443. The van der Waals surface area contributed by atoms with Crippen LogP contribution < -0.4 is 15.0 Å². The van der Waals surface area contributed by atoms with Gasteiger partial charge >= 0.3 is 0 Å². The molecule has 3 heterocycles. The molecule has 2 fully saturated rings. The number of nitrogens with one attached hydrogen (secondary N) is 1. The predicted molar refractivity (Wildman–Crippen MR) is 139 cm³/mol. The Hall–Kier alpha value is -3.48. The van der Waals surface area contributed by atoms with Crippen molar-refractivity contribution < 1.29 is 32.3 Å². The SMILES string of the molecule is O=C(Nc1ccc2c(c1)N(CC(=O)N1CCCCC1)C(=O)CO2)c1ccc(S(=O)(=O)N2CCOCC2)cc1. The lowest BCUT2D eigenvalue weighted by atomic mass is 10.1. The number of morpholine rings is 1. The number of benzene rings is 2. The first kappa shape index (κ1) is 26.1. The summed E-state index contributed by atoms with van der Waals surface area (Å²) in [6, 6.07) is 10.6. The Labute approximate surface area is 221 Å². The highest BCUT2D eigenvalue weighted by atomic mass is 32.2. The van der Waals surface area contributed by atoms with Crippen molar-refractivity contribution in [2.45, 2.75) is 24.2 Å². The van der Waals surface area contributed by atoms with Gasteiger partial charge < -0.3 is 19.7 Å². The van der Waals surface area contributed by atoms with Gasteiger partial charge in [0.15, 0.2) is 6.61 Å². The lowest BCUT2D eigenvalue weighted by molar-refractivity contribution is -0.132. The molecule has 5 rings (SSSR count). The molecule has 0 aromatic heterocycles. The van der Waals surface area contributed by atoms with Gasteiger partial charge in [-0.1, -0.05) is 0 Å². The maximum absolute atomic E-state index is 12.9. The average molecular weight is 543 g/mol. The van der Waals surface area contributed by atoms with E-state index in [2.05, 4.69) is 5.32 Å². The number of fused-ring (bicyclic) bond motifs is 1. The summed E-state index contributed by atoms with van der Waals surface area (Å²) in [5, 5.41) is 2.78. The molecule has 1 N–H and O–H groups in total. The number of piperidine rings is 1. The number of hydrogen-bond acceptors (Lipinski definition) is 7. The number of ether oxygens (including phenoxy) is 2. The van der Waals surface area contributed by atoms with Crippen LogP contribution in [0.5, 0.6) is 5.75 Å². The highest BCUT2D eigenvalue weighted by molar-refractivity contribution is 7.89. The van der Waals surface area contributed by atoms with Gasteiger partial charge in [0.05, 0.1) is 23.8 Å². The smallest absolute Gasteiger partial charge is 0.265 e. The fourth-order valence-corrected chi connectivity index (χ4v) is 6.16. The summed E-state index contributed by atoms with van der Waals surface area (Å²) in [4.78, 5) is 41.7. The lowest BCUT2D eigenvalue weighted by Gasteiger charge is -2.33. The molecule has 0 atom stereocenters. The third kappa shape index (κ3) is 5.52. The molecule has 11 nitrogen and oxygen atoms in total. The molecule has 3 aliphatic heterocycles. The van der Waals surface area contributed by atoms with Crippen molar-refractivity contribution in [1.29, 1.82) is 0 Å². The van der Waals surface area contributed by atoms with Crippen LogP contribution in [0, 0.1) is 0 Å². The van der Waals surface area contributed by atoms with E-state index in [0.29, 0.717) is 43.4 Å². The van der Waals surface area contributed by atoms with E-state index < -0.39 is 15.9 Å². The summed E-state index contributed by atoms with van der Waals surface area (Å²) >= 11 is 0. The maximum atomic E-state index is 12.9. The van der Waals surface area contributed by atoms with Crippen molar-refractivity contribution in [3.63, 3.8) is 0 Å². The van der Waals surface area contributed by atoms with Crippen LogP contribution in [0.25, 0.3) is 0 Å². The fraction of sp³-hybridized carbons (Fsp3) is 0.423. The highest BCUT2D eigenvalue weighted by Gasteiger charge is 2.30. The number of likely N-dealkylation sites (tertiary alicyclic amines) is 1. The van der Waals surface area contributed by atoms with Gasteiger partial charge in [0.2, 0.25) is 15.9 Å². The van der Waals surface area contributed by atoms with Gasteiger partial charge in [0, 0.05) is 37.4 Å². The molecule has 3 aliphatic rings. The maximum Gasteiger partial charge on any atom is 0.265 e. The Bertz CT molecular complexity index is 1320. The zero-order valence-electron chi connectivity index (χ0n) is 20.9. The van der Waals surface area contributed by atoms with Crippen LogP contribution >= 0.6 is 0 Å². The standard InChI is InChI=1S/C26H30N4O7S/c31-24(28-10-2-1-3-11-28)17-30-22-16-20(6-9-23(22)37-18-25(30)32)27-26(33)19-4-7-21(8-5-19)38(34,35)29-12-14-36-15-13-29/h4-9,16H,1-3,10-15,17-18H2,(H,27,33). The summed E-state index contributed by atoms with van der Waals surface area (Å²) in [7, 11) is -3.66. The van der Waals surface area contributed by atoms with Crippen LogP contribution in [0.3, 0.4) is 0 Å². The van der Waals surface area contributed by atoms with E-state index in [4.69, 9.17) is 9.47 Å². The van der Waals surface area contributed by atoms with E-state index in [1.165, 1.54) is 33.5 Å². The van der Waals surface area contributed by atoms with Crippen LogP contribution in [-0.4, -0.2) is 87.9 Å². The summed E-state index contributed by atoms with van der Waals surface area (Å²) in [6.07, 6.45) is 3.00. The molecule has 3 amide bonds. The van der Waals surface area contributed by atoms with Gasteiger partial charge in [-0.2, -0.15) is 4.31 Å². The molecule has 0 radical (unpaired) electrons. The number of nitrogens with zero attached hydrogens (tertiary/aromatic N) is 3. The van der Waals surface area contributed by atoms with Crippen molar-refractivity contribution in [3.05, 3.63) is 48.0 Å². The molecule has 0 spiro atoms. The topological polar surface area (TPSA) is 126 Å². The zero-order chi connectivity index (χ0) is 26.7. The number of carbonyl (C=O) groups excluding carboxylic acids is 3. The number of sulfonamides is 1. The molecule has 2 saturated heterocycles. The second-order valence-corrected chi connectivity index (χ2v) is 11.3. The average Bonchev–Trinajstić information content (AvgIpc) is 2.95. The molecule has 0 aliphatic carbocycles. The molecule has 12 heteroatoms. The minimum absolute atomic E-state index is 0.0916. The monoisotopic (exact) mass is 542 g/mol. The van der Waals surface area contributed by atoms with Gasteiger partial charge in [0.25, 0.3) is 11.8 Å². The Morgan fingerprint density at radius 3 is 2.34 bits per heavy atom. The van der Waals surface area contributed by atoms with E-state index in [0.717, 1.165) is 19.3 Å². The summed E-state index contributed by atoms with van der Waals surface area (Å²) < 4.78 is 37.8. The minimum atomic E-state index is -3.66. The summed E-state index contributed by atoms with van der Waals surface area (Å²) in [6.45, 7) is 2.39. The number of rotatable bonds is 6. The van der Waals surface area contributed by atoms with E-state index in [9.17, 15) is 22.8 Å². The molecule has 38 heavy (non-hydrogen) atoms. The van der Waals surface area contributed by atoms with Crippen molar-refractivity contribution in [2.75, 3.05) is 62.8 Å². The first-order valence-electron chi connectivity index (χ1n) is 12.7. The van der Waals surface area contributed by atoms with E-state index in [-0.39, 0.29) is 48.5 Å². The van der Waals surface area contributed by atoms with Crippen molar-refractivity contribution in [1.82, 2.24) is 9.21 Å². The largest absolute Gasteiger partial charge is 0.482 e. The summed E-state index contributed by atoms with van der Waals surface area (Å²) in [5.41, 5.74) is 1.09. The fourth-order valence-electron chi connectivity index (χ4n) is 4.75. The molecular weight excluding hydrogens is 512 g/mol. The van der Waals surface area contributed by atoms with Crippen molar-refractivity contribution in [2.24, 2.45) is 0 Å². The molecule has 0 unspecified atom stereocenters. The van der Waals surface area contributed by atoms with Crippen LogP contribution in [0.4, 0.5) is 11.4 Å². The lowest BCUT2D eigenvalue weighted by Crippen LogP contribution is -2.47. The Kier molecular flexibility index (Phi) is 7.63. The third-order valence-corrected chi connectivity index (χ3v) is 8.80. The molecule has 0 bridgehead atoms. The second-order valence-electron chi connectivity index (χ2n) is 9.39. The van der Waals surface area contributed by atoms with Crippen molar-refractivity contribution >= 4 is 39.1 Å². The van der Waals surface area contributed by atoms with Gasteiger partial charge in [-0.15, -0.1) is 0 Å². The van der Waals surface area contributed by atoms with Crippen LogP contribution in [0.1, 0.15) is 29.6 Å². The molecule has 202 valence electrons. The normalized spacial score (nSPS) is 18.5. The third-order valence-electron chi connectivity index (χ3n) is 6.89. The number of amides is 3. The number of anilines is 2. The van der Waals surface area contributed by atoms with E-state index in [1.807, 2.05) is 0 Å². The minimum Gasteiger partial charge on any atom is -0.482 e.